The predicted molar refractivity (Wildman–Crippen MR) is 137 cm³/mol. The van der Waals surface area contributed by atoms with Crippen LogP contribution in [0.25, 0.3) is 11.0 Å². The van der Waals surface area contributed by atoms with Gasteiger partial charge in [0.25, 0.3) is 0 Å². The first-order valence-electron chi connectivity index (χ1n) is 12.4. The summed E-state index contributed by atoms with van der Waals surface area (Å²) in [5, 5.41) is 0. The van der Waals surface area contributed by atoms with E-state index < -0.39 is 10.0 Å². The molecule has 0 atom stereocenters. The van der Waals surface area contributed by atoms with Crippen molar-refractivity contribution >= 4 is 32.5 Å². The number of hydrogen-bond acceptors (Lipinski definition) is 6. The Hall–Kier alpha value is -2.75. The fraction of sp³-hybridized carbons (Fsp3) is 0.462. The highest BCUT2D eigenvalue weighted by Gasteiger charge is 2.26. The number of rotatable bonds is 11. The van der Waals surface area contributed by atoms with Crippen molar-refractivity contribution in [1.82, 2.24) is 13.9 Å². The van der Waals surface area contributed by atoms with E-state index in [0.717, 1.165) is 29.7 Å². The van der Waals surface area contributed by atoms with Crippen LogP contribution < -0.4 is 4.90 Å². The Morgan fingerprint density at radius 3 is 2.54 bits per heavy atom. The molecule has 1 fully saturated rings. The van der Waals surface area contributed by atoms with Crippen LogP contribution in [-0.2, 0) is 21.3 Å². The number of imidazole rings is 1. The molecule has 0 spiro atoms. The highest BCUT2D eigenvalue weighted by atomic mass is 32.2. The number of hydrogen-bond donors (Lipinski definition) is 0. The largest absolute Gasteiger partial charge is 0.378 e. The summed E-state index contributed by atoms with van der Waals surface area (Å²) in [5.74, 6) is -0.0291. The number of para-hydroxylation sites is 2. The molecule has 1 aromatic heterocycles. The second kappa shape index (κ2) is 11.3. The molecule has 0 radical (unpaired) electrons. The van der Waals surface area contributed by atoms with E-state index in [2.05, 4.69) is 14.5 Å². The van der Waals surface area contributed by atoms with Crippen LogP contribution in [0.1, 0.15) is 43.5 Å². The van der Waals surface area contributed by atoms with Gasteiger partial charge in [-0.15, -0.1) is 0 Å². The van der Waals surface area contributed by atoms with Gasteiger partial charge in [0.1, 0.15) is 0 Å². The van der Waals surface area contributed by atoms with Crippen LogP contribution in [0.4, 0.5) is 5.69 Å². The molecule has 0 amide bonds. The number of aromatic nitrogens is 2. The Morgan fingerprint density at radius 1 is 1.06 bits per heavy atom. The van der Waals surface area contributed by atoms with Crippen molar-refractivity contribution in [1.29, 1.82) is 0 Å². The van der Waals surface area contributed by atoms with Crippen molar-refractivity contribution in [3.63, 3.8) is 0 Å². The lowest BCUT2D eigenvalue weighted by Crippen LogP contribution is -2.37. The number of aryl methyl sites for hydroxylation is 1. The summed E-state index contributed by atoms with van der Waals surface area (Å²) in [4.78, 5) is 20.1. The van der Waals surface area contributed by atoms with Crippen molar-refractivity contribution in [3.8, 4) is 0 Å². The van der Waals surface area contributed by atoms with Gasteiger partial charge >= 0.3 is 0 Å². The second-order valence-corrected chi connectivity index (χ2v) is 10.6. The van der Waals surface area contributed by atoms with Crippen molar-refractivity contribution in [3.05, 3.63) is 54.4 Å². The van der Waals surface area contributed by atoms with Crippen LogP contribution in [0, 0.1) is 0 Å². The molecular formula is C26H34N4O4S. The van der Waals surface area contributed by atoms with E-state index in [4.69, 9.17) is 4.74 Å². The van der Waals surface area contributed by atoms with Gasteiger partial charge in [0.2, 0.25) is 10.0 Å². The molecule has 1 saturated heterocycles. The van der Waals surface area contributed by atoms with E-state index in [1.807, 2.05) is 44.4 Å². The van der Waals surface area contributed by atoms with Crippen LogP contribution in [0.15, 0.2) is 53.7 Å². The average Bonchev–Trinajstić information content (AvgIpc) is 3.30. The van der Waals surface area contributed by atoms with Crippen molar-refractivity contribution in [2.75, 3.05) is 44.3 Å². The van der Waals surface area contributed by atoms with Crippen molar-refractivity contribution in [2.24, 2.45) is 0 Å². The average molecular weight is 499 g/mol. The maximum Gasteiger partial charge on any atom is 0.243 e. The van der Waals surface area contributed by atoms with Crippen LogP contribution in [-0.4, -0.2) is 67.5 Å². The predicted octanol–water partition coefficient (Wildman–Crippen LogP) is 3.96. The lowest BCUT2D eigenvalue weighted by atomic mass is 10.0. The number of ketones is 1. The molecule has 0 N–H and O–H groups in total. The maximum atomic E-state index is 13.4. The number of carbonyl (C=O) groups is 1. The molecule has 188 valence electrons. The molecule has 0 aliphatic carbocycles. The van der Waals surface area contributed by atoms with Crippen molar-refractivity contribution < 1.29 is 17.9 Å². The molecule has 8 nitrogen and oxygen atoms in total. The van der Waals surface area contributed by atoms with E-state index >= 15 is 0 Å². The smallest absolute Gasteiger partial charge is 0.243 e. The summed E-state index contributed by atoms with van der Waals surface area (Å²) in [7, 11) is -3.65. The summed E-state index contributed by atoms with van der Waals surface area (Å²) < 4.78 is 35.2. The van der Waals surface area contributed by atoms with E-state index in [1.165, 1.54) is 4.31 Å². The summed E-state index contributed by atoms with van der Waals surface area (Å²) in [6, 6.07) is 13.0. The Morgan fingerprint density at radius 2 is 1.80 bits per heavy atom. The van der Waals surface area contributed by atoms with Crippen LogP contribution in [0.3, 0.4) is 0 Å². The Labute approximate surface area is 207 Å². The summed E-state index contributed by atoms with van der Waals surface area (Å²) >= 11 is 0. The maximum absolute atomic E-state index is 13.4. The third-order valence-corrected chi connectivity index (χ3v) is 8.59. The Balaban J connectivity index is 1.51. The third kappa shape index (κ3) is 5.58. The van der Waals surface area contributed by atoms with Crippen LogP contribution >= 0.6 is 0 Å². The zero-order chi connectivity index (χ0) is 24.8. The summed E-state index contributed by atoms with van der Waals surface area (Å²) in [5.41, 5.74) is 3.32. The highest BCUT2D eigenvalue weighted by Crippen LogP contribution is 2.28. The van der Waals surface area contributed by atoms with E-state index in [9.17, 15) is 13.2 Å². The first-order chi connectivity index (χ1) is 17.0. The normalized spacial score (nSPS) is 14.7. The van der Waals surface area contributed by atoms with Gasteiger partial charge < -0.3 is 14.2 Å². The molecule has 4 rings (SSSR count). The molecule has 0 bridgehead atoms. The van der Waals surface area contributed by atoms with Gasteiger partial charge in [0, 0.05) is 50.4 Å². The first-order valence-corrected chi connectivity index (χ1v) is 13.8. The summed E-state index contributed by atoms with van der Waals surface area (Å²) in [6.45, 7) is 7.72. The minimum absolute atomic E-state index is 0.0291. The lowest BCUT2D eigenvalue weighted by Gasteiger charge is -2.31. The Bertz CT molecular complexity index is 1260. The standard InChI is InChI=1S/C26H34N4O4S/c1-3-30(4-2)35(32,33)21-12-13-24(28-15-17-34-18-16-28)22(19-21)26(31)11-7-8-14-29-20-27-23-9-5-6-10-25(23)29/h5-6,9-10,12-13,19-20H,3-4,7-8,11,14-18H2,1-2H3. The first kappa shape index (κ1) is 25.3. The minimum atomic E-state index is -3.65. The molecule has 2 aromatic carbocycles. The zero-order valence-corrected chi connectivity index (χ0v) is 21.3. The van der Waals surface area contributed by atoms with E-state index in [-0.39, 0.29) is 10.7 Å². The van der Waals surface area contributed by atoms with E-state index in [0.29, 0.717) is 57.8 Å². The number of anilines is 1. The van der Waals surface area contributed by atoms with Crippen molar-refractivity contribution in [2.45, 2.75) is 44.6 Å². The fourth-order valence-corrected chi connectivity index (χ4v) is 6.07. The van der Waals surface area contributed by atoms with Gasteiger partial charge in [0.15, 0.2) is 5.78 Å². The van der Waals surface area contributed by atoms with Gasteiger partial charge in [-0.25, -0.2) is 13.4 Å². The molecule has 0 saturated carbocycles. The lowest BCUT2D eigenvalue weighted by molar-refractivity contribution is 0.0977. The molecular weight excluding hydrogens is 464 g/mol. The molecule has 35 heavy (non-hydrogen) atoms. The number of fused-ring (bicyclic) bond motifs is 1. The number of carbonyl (C=O) groups excluding carboxylic acids is 1. The zero-order valence-electron chi connectivity index (χ0n) is 20.5. The third-order valence-electron chi connectivity index (χ3n) is 6.54. The van der Waals surface area contributed by atoms with Gasteiger partial charge in [0.05, 0.1) is 35.5 Å². The molecule has 3 aromatic rings. The number of morpholine rings is 1. The van der Waals surface area contributed by atoms with Gasteiger partial charge in [-0.3, -0.25) is 4.79 Å². The van der Waals surface area contributed by atoms with Crippen LogP contribution in [0.5, 0.6) is 0 Å². The second-order valence-electron chi connectivity index (χ2n) is 8.67. The molecule has 1 aliphatic heterocycles. The topological polar surface area (TPSA) is 84.7 Å². The minimum Gasteiger partial charge on any atom is -0.378 e. The fourth-order valence-electron chi connectivity index (χ4n) is 4.58. The quantitative estimate of drug-likeness (QED) is 0.294. The number of Topliss-reactive ketones (excluding diaryl/α,β-unsaturated/α-hetero) is 1. The van der Waals surface area contributed by atoms with Gasteiger partial charge in [-0.1, -0.05) is 26.0 Å². The number of sulfonamides is 1. The molecule has 2 heterocycles. The molecule has 1 aliphatic rings. The van der Waals surface area contributed by atoms with Crippen LogP contribution in [0.2, 0.25) is 0 Å². The van der Waals surface area contributed by atoms with Gasteiger partial charge in [-0.05, 0) is 43.2 Å². The number of unbranched alkanes of at least 4 members (excludes halogenated alkanes) is 1. The highest BCUT2D eigenvalue weighted by molar-refractivity contribution is 7.89. The summed E-state index contributed by atoms with van der Waals surface area (Å²) in [6.07, 6.45) is 3.74. The van der Waals surface area contributed by atoms with E-state index in [1.54, 1.807) is 18.2 Å². The number of nitrogens with zero attached hydrogens (tertiary/aromatic N) is 4. The SMILES string of the molecule is CCN(CC)S(=O)(=O)c1ccc(N2CCOCC2)c(C(=O)CCCCn2cnc3ccccc32)c1. The molecule has 0 unspecified atom stereocenters. The number of benzene rings is 2. The molecule has 9 heteroatoms. The monoisotopic (exact) mass is 498 g/mol. The van der Waals surface area contributed by atoms with Gasteiger partial charge in [-0.2, -0.15) is 4.31 Å². The number of ether oxygens (including phenoxy) is 1. The Kier molecular flexibility index (Phi) is 8.20.